The van der Waals surface area contributed by atoms with Crippen LogP contribution in [0.1, 0.15) is 82.6 Å². The van der Waals surface area contributed by atoms with Crippen molar-refractivity contribution in [1.29, 1.82) is 0 Å². The highest BCUT2D eigenvalue weighted by Gasteiger charge is 2.41. The van der Waals surface area contributed by atoms with Gasteiger partial charge in [0.15, 0.2) is 0 Å². The third-order valence-corrected chi connectivity index (χ3v) is 11.3. The van der Waals surface area contributed by atoms with E-state index in [0.29, 0.717) is 54.6 Å². The minimum Gasteiger partial charge on any atom is -0.392 e. The average molecular weight is 717 g/mol. The molecule has 6 heterocycles. The number of piperidine rings is 3. The van der Waals surface area contributed by atoms with Crippen molar-refractivity contribution in [3.8, 4) is 0 Å². The first-order chi connectivity index (χ1) is 25.7. The fourth-order valence-electron chi connectivity index (χ4n) is 8.11. The summed E-state index contributed by atoms with van der Waals surface area (Å²) in [7, 11) is 0. The Balaban J connectivity index is 0.805. The Morgan fingerprint density at radius 1 is 0.849 bits per heavy atom. The van der Waals surface area contributed by atoms with Crippen molar-refractivity contribution in [2.75, 3.05) is 36.4 Å². The Bertz CT molecular complexity index is 1970. The van der Waals surface area contributed by atoms with Crippen molar-refractivity contribution < 1.29 is 24.6 Å². The van der Waals surface area contributed by atoms with Gasteiger partial charge in [-0.05, 0) is 84.5 Å². The highest BCUT2D eigenvalue weighted by molar-refractivity contribution is 6.05. The van der Waals surface area contributed by atoms with Crippen LogP contribution in [0.25, 0.3) is 0 Å². The lowest BCUT2D eigenvalue weighted by atomic mass is 9.83. The smallest absolute Gasteiger partial charge is 0.255 e. The van der Waals surface area contributed by atoms with Gasteiger partial charge in [-0.2, -0.15) is 0 Å². The summed E-state index contributed by atoms with van der Waals surface area (Å²) in [5.74, 6) is 0.655. The minimum absolute atomic E-state index is 0.0892. The molecule has 3 fully saturated rings. The van der Waals surface area contributed by atoms with Crippen LogP contribution in [0.5, 0.6) is 0 Å². The number of anilines is 3. The first-order valence-electron chi connectivity index (χ1n) is 18.5. The van der Waals surface area contributed by atoms with Crippen molar-refractivity contribution in [1.82, 2.24) is 30.1 Å². The number of imide groups is 1. The molecule has 8 rings (SSSR count). The summed E-state index contributed by atoms with van der Waals surface area (Å²) in [6, 6.07) is 17.9. The predicted octanol–water partition coefficient (Wildman–Crippen LogP) is 3.74. The van der Waals surface area contributed by atoms with Crippen LogP contribution in [0.3, 0.4) is 0 Å². The Hall–Kier alpha value is -5.24. The van der Waals surface area contributed by atoms with E-state index in [1.807, 2.05) is 24.4 Å². The molecule has 4 aliphatic rings. The summed E-state index contributed by atoms with van der Waals surface area (Å²) in [6.45, 7) is 4.48. The van der Waals surface area contributed by atoms with Crippen molar-refractivity contribution in [2.24, 2.45) is 0 Å². The predicted molar refractivity (Wildman–Crippen MR) is 197 cm³/mol. The van der Waals surface area contributed by atoms with Gasteiger partial charge in [-0.25, -0.2) is 15.0 Å². The van der Waals surface area contributed by atoms with Gasteiger partial charge in [0.25, 0.3) is 5.91 Å². The van der Waals surface area contributed by atoms with Gasteiger partial charge in [0.1, 0.15) is 11.9 Å². The maximum absolute atomic E-state index is 13.1. The highest BCUT2D eigenvalue weighted by Crippen LogP contribution is 2.37. The van der Waals surface area contributed by atoms with Crippen molar-refractivity contribution in [3.63, 3.8) is 0 Å². The summed E-state index contributed by atoms with van der Waals surface area (Å²) in [5, 5.41) is 26.3. The largest absolute Gasteiger partial charge is 0.392 e. The third-order valence-electron chi connectivity index (χ3n) is 11.3. The number of likely N-dealkylation sites (tertiary alicyclic amines) is 1. The summed E-state index contributed by atoms with van der Waals surface area (Å²) in [6.07, 6.45) is 8.95. The van der Waals surface area contributed by atoms with Crippen molar-refractivity contribution in [3.05, 3.63) is 107 Å². The lowest BCUT2D eigenvalue weighted by Crippen LogP contribution is -2.52. The summed E-state index contributed by atoms with van der Waals surface area (Å²) in [5.41, 5.74) is 5.57. The number of aromatic nitrogens is 3. The first kappa shape index (κ1) is 34.8. The Labute approximate surface area is 308 Å². The van der Waals surface area contributed by atoms with E-state index in [1.54, 1.807) is 23.4 Å². The molecule has 0 bridgehead atoms. The normalized spacial score (nSPS) is 20.7. The Kier molecular flexibility index (Phi) is 9.62. The molecule has 0 radical (unpaired) electrons. The van der Waals surface area contributed by atoms with Gasteiger partial charge < -0.3 is 25.3 Å². The lowest BCUT2D eigenvalue weighted by molar-refractivity contribution is -0.136. The van der Waals surface area contributed by atoms with E-state index in [-0.39, 0.29) is 24.8 Å². The molecule has 13 heteroatoms. The van der Waals surface area contributed by atoms with Crippen LogP contribution in [0.2, 0.25) is 0 Å². The van der Waals surface area contributed by atoms with E-state index in [0.717, 1.165) is 56.7 Å². The van der Waals surface area contributed by atoms with Gasteiger partial charge in [-0.1, -0.05) is 30.3 Å². The molecule has 3 saturated heterocycles. The second-order valence-corrected chi connectivity index (χ2v) is 14.7. The number of nitrogens with zero attached hydrogens (tertiary/aromatic N) is 6. The monoisotopic (exact) mass is 716 g/mol. The van der Waals surface area contributed by atoms with Crippen LogP contribution in [0.15, 0.2) is 73.2 Å². The number of hydrogen-bond donors (Lipinski definition) is 4. The molecule has 4 N–H and O–H groups in total. The Morgan fingerprint density at radius 2 is 1.60 bits per heavy atom. The number of rotatable bonds is 9. The van der Waals surface area contributed by atoms with E-state index in [9.17, 15) is 24.6 Å². The maximum atomic E-state index is 13.1. The quantitative estimate of drug-likeness (QED) is 0.187. The number of nitrogens with one attached hydrogen (secondary N) is 2. The highest BCUT2D eigenvalue weighted by atomic mass is 16.3. The molecule has 53 heavy (non-hydrogen) atoms. The SMILES string of the molecule is O=C1CCC(N2Cc3cc(C4(O)CCN(Cc5ccc(N6CCC(c7ccc(Nc8ncc(CO)cn8)nc7)CC6)cc5)CC4)ccc3C2=O)C(=O)N1. The fourth-order valence-corrected chi connectivity index (χ4v) is 8.11. The Morgan fingerprint density at radius 3 is 2.28 bits per heavy atom. The zero-order chi connectivity index (χ0) is 36.5. The summed E-state index contributed by atoms with van der Waals surface area (Å²) in [4.78, 5) is 56.5. The van der Waals surface area contributed by atoms with Gasteiger partial charge in [0, 0.05) is 81.1 Å². The van der Waals surface area contributed by atoms with Crippen LogP contribution in [0.4, 0.5) is 17.5 Å². The number of pyridine rings is 1. The second kappa shape index (κ2) is 14.6. The van der Waals surface area contributed by atoms with Crippen LogP contribution in [-0.4, -0.2) is 84.9 Å². The van der Waals surface area contributed by atoms with Crippen LogP contribution < -0.4 is 15.5 Å². The lowest BCUT2D eigenvalue weighted by Gasteiger charge is -2.39. The number of benzene rings is 2. The van der Waals surface area contributed by atoms with E-state index in [1.165, 1.54) is 16.8 Å². The molecular formula is C40H44N8O5. The topological polar surface area (TPSA) is 164 Å². The number of carbonyl (C=O) groups excluding carboxylic acids is 3. The molecule has 3 amide bonds. The van der Waals surface area contributed by atoms with Gasteiger partial charge in [-0.15, -0.1) is 0 Å². The van der Waals surface area contributed by atoms with Gasteiger partial charge in [-0.3, -0.25) is 24.6 Å². The summed E-state index contributed by atoms with van der Waals surface area (Å²) < 4.78 is 0. The number of carbonyl (C=O) groups is 3. The van der Waals surface area contributed by atoms with Gasteiger partial charge in [0.2, 0.25) is 17.8 Å². The number of aliphatic hydroxyl groups excluding tert-OH is 1. The maximum Gasteiger partial charge on any atom is 0.255 e. The van der Waals surface area contributed by atoms with Crippen LogP contribution in [0, 0.1) is 0 Å². The van der Waals surface area contributed by atoms with E-state index >= 15 is 0 Å². The molecule has 274 valence electrons. The van der Waals surface area contributed by atoms with Gasteiger partial charge in [0.05, 0.1) is 12.2 Å². The molecular weight excluding hydrogens is 672 g/mol. The van der Waals surface area contributed by atoms with E-state index in [4.69, 9.17) is 0 Å². The number of aliphatic hydroxyl groups is 2. The molecule has 4 aromatic rings. The molecule has 13 nitrogen and oxygen atoms in total. The molecule has 2 aromatic heterocycles. The number of amides is 3. The molecule has 0 saturated carbocycles. The van der Waals surface area contributed by atoms with E-state index < -0.39 is 17.6 Å². The van der Waals surface area contributed by atoms with Crippen LogP contribution in [-0.2, 0) is 34.9 Å². The zero-order valence-corrected chi connectivity index (χ0v) is 29.6. The van der Waals surface area contributed by atoms with E-state index in [2.05, 4.69) is 65.7 Å². The molecule has 1 atom stereocenters. The first-order valence-corrected chi connectivity index (χ1v) is 18.5. The van der Waals surface area contributed by atoms with Crippen molar-refractivity contribution in [2.45, 2.75) is 75.8 Å². The summed E-state index contributed by atoms with van der Waals surface area (Å²) >= 11 is 0. The zero-order valence-electron chi connectivity index (χ0n) is 29.6. The molecule has 1 unspecified atom stereocenters. The molecule has 4 aliphatic heterocycles. The fraction of sp³-hybridized carbons (Fsp3) is 0.400. The molecule has 0 aliphatic carbocycles. The second-order valence-electron chi connectivity index (χ2n) is 14.7. The number of hydrogen-bond acceptors (Lipinski definition) is 11. The number of fused-ring (bicyclic) bond motifs is 1. The average Bonchev–Trinajstić information content (AvgIpc) is 3.51. The third kappa shape index (κ3) is 7.37. The molecule has 2 aromatic carbocycles. The van der Waals surface area contributed by atoms with Crippen molar-refractivity contribution >= 4 is 35.2 Å². The minimum atomic E-state index is -0.982. The van der Waals surface area contributed by atoms with Crippen LogP contribution >= 0.6 is 0 Å². The van der Waals surface area contributed by atoms with Gasteiger partial charge >= 0.3 is 0 Å². The molecule has 0 spiro atoms. The standard InChI is InChI=1S/C40H44N8O5/c49-25-27-20-42-39(43-21-27)44-35-9-3-29(22-41-35)28-11-15-47(16-12-28)32-5-1-26(2-6-32)23-46-17-13-40(53,14-18-46)31-4-7-33-30(19-31)24-48(38(33)52)34-8-10-36(50)45-37(34)51/h1-7,9,19-22,28,34,49,53H,8,10-18,23-25H2,(H,45,50,51)(H,41,42,43,44).